The average Bonchev–Trinajstić information content (AvgIpc) is 2.34. The molecule has 5 nitrogen and oxygen atoms in total. The molecule has 0 aliphatic rings. The van der Waals surface area contributed by atoms with Crippen molar-refractivity contribution in [2.45, 2.75) is 6.54 Å². The first-order valence-corrected chi connectivity index (χ1v) is 7.86. The maximum atomic E-state index is 11.8. The predicted molar refractivity (Wildman–Crippen MR) is 78.0 cm³/mol. The van der Waals surface area contributed by atoms with Gasteiger partial charge in [-0.25, -0.2) is 4.98 Å². The van der Waals surface area contributed by atoms with Gasteiger partial charge >= 0.3 is 0 Å². The molecule has 102 valence electrons. The number of halogens is 1. The van der Waals surface area contributed by atoms with Gasteiger partial charge in [0.25, 0.3) is 5.56 Å². The molecule has 0 spiro atoms. The minimum absolute atomic E-state index is 0.183. The Labute approximate surface area is 117 Å². The van der Waals surface area contributed by atoms with Crippen molar-refractivity contribution in [2.75, 3.05) is 18.6 Å². The van der Waals surface area contributed by atoms with E-state index in [0.717, 1.165) is 0 Å². The van der Waals surface area contributed by atoms with Crippen molar-refractivity contribution < 1.29 is 4.21 Å². The van der Waals surface area contributed by atoms with E-state index in [-0.39, 0.29) is 5.56 Å². The maximum absolute atomic E-state index is 11.8. The van der Waals surface area contributed by atoms with Crippen molar-refractivity contribution in [1.82, 2.24) is 15.3 Å². The van der Waals surface area contributed by atoms with Crippen molar-refractivity contribution in [3.8, 4) is 0 Å². The molecule has 2 aromatic rings. The Morgan fingerprint density at radius 1 is 1.47 bits per heavy atom. The van der Waals surface area contributed by atoms with Crippen molar-refractivity contribution in [2.24, 2.45) is 0 Å². The number of hydrogen-bond donors (Lipinski definition) is 2. The second-order valence-corrected chi connectivity index (χ2v) is 6.12. The van der Waals surface area contributed by atoms with Crippen molar-refractivity contribution in [3.05, 3.63) is 39.4 Å². The third kappa shape index (κ3) is 3.86. The van der Waals surface area contributed by atoms with Gasteiger partial charge in [-0.2, -0.15) is 0 Å². The van der Waals surface area contributed by atoms with E-state index in [1.807, 2.05) is 0 Å². The first-order valence-electron chi connectivity index (χ1n) is 5.75. The number of aromatic amines is 1. The average molecular weight is 300 g/mol. The quantitative estimate of drug-likeness (QED) is 0.809. The number of rotatable bonds is 5. The van der Waals surface area contributed by atoms with Crippen molar-refractivity contribution >= 4 is 33.3 Å². The standard InChI is InChI=1S/C12H14ClN3O2S/c1-19(18)5-4-14-7-11-15-10-6-8(13)2-3-9(10)12(17)16-11/h2-3,6,14H,4-5,7H2,1H3,(H,15,16,17). The third-order valence-corrected chi connectivity index (χ3v) is 3.59. The van der Waals surface area contributed by atoms with E-state index in [1.54, 1.807) is 24.5 Å². The zero-order valence-corrected chi connectivity index (χ0v) is 12.0. The van der Waals surface area contributed by atoms with Crippen LogP contribution in [0, 0.1) is 0 Å². The Bertz CT molecular complexity index is 672. The molecule has 0 radical (unpaired) electrons. The fraction of sp³-hybridized carbons (Fsp3) is 0.333. The van der Waals surface area contributed by atoms with Gasteiger partial charge in [-0.3, -0.25) is 9.00 Å². The smallest absolute Gasteiger partial charge is 0.258 e. The lowest BCUT2D eigenvalue weighted by Gasteiger charge is -2.05. The van der Waals surface area contributed by atoms with Crippen LogP contribution in [-0.4, -0.2) is 32.7 Å². The van der Waals surface area contributed by atoms with Gasteiger partial charge in [0.1, 0.15) is 5.82 Å². The predicted octanol–water partition coefficient (Wildman–Crippen LogP) is 1.04. The van der Waals surface area contributed by atoms with Crippen LogP contribution in [0.15, 0.2) is 23.0 Å². The van der Waals surface area contributed by atoms with E-state index in [1.165, 1.54) is 0 Å². The summed E-state index contributed by atoms with van der Waals surface area (Å²) >= 11 is 5.88. The molecule has 0 aliphatic carbocycles. The second-order valence-electron chi connectivity index (χ2n) is 4.13. The third-order valence-electron chi connectivity index (χ3n) is 2.58. The minimum atomic E-state index is -0.825. The summed E-state index contributed by atoms with van der Waals surface area (Å²) in [5.74, 6) is 1.12. The minimum Gasteiger partial charge on any atom is -0.309 e. The van der Waals surface area contributed by atoms with E-state index in [0.29, 0.717) is 40.6 Å². The Morgan fingerprint density at radius 3 is 3.00 bits per heavy atom. The van der Waals surface area contributed by atoms with Crippen LogP contribution in [-0.2, 0) is 17.3 Å². The molecule has 0 amide bonds. The molecule has 0 saturated heterocycles. The zero-order valence-electron chi connectivity index (χ0n) is 10.4. The van der Waals surface area contributed by atoms with Crippen LogP contribution in [0.5, 0.6) is 0 Å². The van der Waals surface area contributed by atoms with Crippen LogP contribution in [0.3, 0.4) is 0 Å². The van der Waals surface area contributed by atoms with Gasteiger partial charge in [0.2, 0.25) is 0 Å². The van der Waals surface area contributed by atoms with E-state index in [4.69, 9.17) is 11.6 Å². The summed E-state index contributed by atoms with van der Waals surface area (Å²) in [5, 5.41) is 4.14. The molecule has 0 saturated carbocycles. The molecule has 1 heterocycles. The summed E-state index contributed by atoms with van der Waals surface area (Å²) in [5.41, 5.74) is 0.393. The van der Waals surface area contributed by atoms with Crippen LogP contribution in [0.25, 0.3) is 10.9 Å². The highest BCUT2D eigenvalue weighted by Gasteiger charge is 2.04. The molecule has 1 aromatic heterocycles. The van der Waals surface area contributed by atoms with Crippen LogP contribution >= 0.6 is 11.6 Å². The van der Waals surface area contributed by atoms with Gasteiger partial charge in [-0.1, -0.05) is 11.6 Å². The molecule has 0 bridgehead atoms. The topological polar surface area (TPSA) is 74.8 Å². The summed E-state index contributed by atoms with van der Waals surface area (Å²) in [6.07, 6.45) is 1.65. The van der Waals surface area contributed by atoms with Gasteiger partial charge in [-0.05, 0) is 18.2 Å². The second kappa shape index (κ2) is 6.27. The number of benzene rings is 1. The largest absolute Gasteiger partial charge is 0.309 e. The van der Waals surface area contributed by atoms with E-state index >= 15 is 0 Å². The van der Waals surface area contributed by atoms with Crippen molar-refractivity contribution in [1.29, 1.82) is 0 Å². The van der Waals surface area contributed by atoms with Gasteiger partial charge in [0.05, 0.1) is 17.4 Å². The fourth-order valence-corrected chi connectivity index (χ4v) is 2.27. The summed E-state index contributed by atoms with van der Waals surface area (Å²) in [7, 11) is -0.825. The highest BCUT2D eigenvalue weighted by atomic mass is 35.5. The highest BCUT2D eigenvalue weighted by molar-refractivity contribution is 7.84. The molecule has 2 rings (SSSR count). The molecule has 0 fully saturated rings. The zero-order chi connectivity index (χ0) is 13.8. The van der Waals surface area contributed by atoms with Crippen molar-refractivity contribution in [3.63, 3.8) is 0 Å². The van der Waals surface area contributed by atoms with E-state index in [2.05, 4.69) is 15.3 Å². The van der Waals surface area contributed by atoms with Gasteiger partial charge in [0, 0.05) is 34.4 Å². The Kier molecular flexibility index (Phi) is 4.68. The first-order chi connectivity index (χ1) is 9.06. The van der Waals surface area contributed by atoms with Gasteiger partial charge in [0.15, 0.2) is 0 Å². The Morgan fingerprint density at radius 2 is 2.26 bits per heavy atom. The summed E-state index contributed by atoms with van der Waals surface area (Å²) in [4.78, 5) is 18.9. The van der Waals surface area contributed by atoms with E-state index < -0.39 is 10.8 Å². The highest BCUT2D eigenvalue weighted by Crippen LogP contribution is 2.14. The Balaban J connectivity index is 2.16. The normalized spacial score (nSPS) is 12.7. The lowest BCUT2D eigenvalue weighted by atomic mass is 10.2. The Hall–Kier alpha value is -1.24. The molecule has 1 atom stereocenters. The molecule has 19 heavy (non-hydrogen) atoms. The molecule has 7 heteroatoms. The van der Waals surface area contributed by atoms with Crippen LogP contribution in [0.4, 0.5) is 0 Å². The number of fused-ring (bicyclic) bond motifs is 1. The monoisotopic (exact) mass is 299 g/mol. The summed E-state index contributed by atoms with van der Waals surface area (Å²) < 4.78 is 10.9. The van der Waals surface area contributed by atoms with E-state index in [9.17, 15) is 9.00 Å². The first kappa shape index (κ1) is 14.2. The van der Waals surface area contributed by atoms with Gasteiger partial charge < -0.3 is 10.3 Å². The SMILES string of the molecule is CS(=O)CCNCc1nc2cc(Cl)ccc2c(=O)[nH]1. The van der Waals surface area contributed by atoms with Crippen LogP contribution in [0.1, 0.15) is 5.82 Å². The fourth-order valence-electron chi connectivity index (χ4n) is 1.67. The van der Waals surface area contributed by atoms with Crippen LogP contribution < -0.4 is 10.9 Å². The lowest BCUT2D eigenvalue weighted by molar-refractivity contribution is 0.668. The molecule has 2 N–H and O–H groups in total. The number of nitrogens with one attached hydrogen (secondary N) is 2. The summed E-state index contributed by atoms with van der Waals surface area (Å²) in [6.45, 7) is 1.04. The molecule has 0 aliphatic heterocycles. The lowest BCUT2D eigenvalue weighted by Crippen LogP contribution is -2.23. The van der Waals surface area contributed by atoms with Gasteiger partial charge in [-0.15, -0.1) is 0 Å². The molecule has 1 aromatic carbocycles. The number of aromatic nitrogens is 2. The number of H-pyrrole nitrogens is 1. The number of hydrogen-bond acceptors (Lipinski definition) is 4. The van der Waals surface area contributed by atoms with Crippen LogP contribution in [0.2, 0.25) is 5.02 Å². The maximum Gasteiger partial charge on any atom is 0.258 e. The number of nitrogens with zero attached hydrogens (tertiary/aromatic N) is 1. The molecule has 1 unspecified atom stereocenters. The molecular formula is C12H14ClN3O2S. The molecular weight excluding hydrogens is 286 g/mol. The summed E-state index contributed by atoms with van der Waals surface area (Å²) in [6, 6.07) is 4.98.